The molecule has 0 saturated carbocycles. The van der Waals surface area contributed by atoms with Crippen LogP contribution in [0.4, 0.5) is 10.9 Å². The number of likely N-dealkylation sites (tertiary alicyclic amines) is 1. The Morgan fingerprint density at radius 1 is 1.52 bits per heavy atom. The smallest absolute Gasteiger partial charge is 0.267 e. The first-order valence-corrected chi connectivity index (χ1v) is 7.93. The number of rotatable bonds is 2. The summed E-state index contributed by atoms with van der Waals surface area (Å²) >= 11 is 1.28. The molecule has 0 bridgehead atoms. The summed E-state index contributed by atoms with van der Waals surface area (Å²) in [6.07, 6.45) is 2.20. The van der Waals surface area contributed by atoms with E-state index >= 15 is 0 Å². The van der Waals surface area contributed by atoms with Gasteiger partial charge in [-0.2, -0.15) is 0 Å². The average Bonchev–Trinajstić information content (AvgIpc) is 2.87. The third-order valence-electron chi connectivity index (χ3n) is 4.17. The molecular formula is C13H19N5O2S. The van der Waals surface area contributed by atoms with Crippen molar-refractivity contribution in [2.75, 3.05) is 31.2 Å². The molecule has 0 spiro atoms. The van der Waals surface area contributed by atoms with Crippen molar-refractivity contribution in [1.82, 2.24) is 15.2 Å². The summed E-state index contributed by atoms with van der Waals surface area (Å²) in [7, 11) is 1.75. The summed E-state index contributed by atoms with van der Waals surface area (Å²) in [5.41, 5.74) is 5.83. The molecule has 0 aromatic carbocycles. The summed E-state index contributed by atoms with van der Waals surface area (Å²) in [5, 5.41) is 6.57. The Balaban J connectivity index is 1.71. The van der Waals surface area contributed by atoms with Crippen LogP contribution < -0.4 is 16.4 Å². The van der Waals surface area contributed by atoms with Crippen LogP contribution in [-0.4, -0.2) is 47.9 Å². The van der Waals surface area contributed by atoms with Gasteiger partial charge in [-0.25, -0.2) is 4.98 Å². The molecule has 0 aliphatic carbocycles. The zero-order valence-corrected chi connectivity index (χ0v) is 12.7. The zero-order chi connectivity index (χ0) is 15.0. The highest BCUT2D eigenvalue weighted by Crippen LogP contribution is 2.30. The quantitative estimate of drug-likeness (QED) is 0.739. The minimum atomic E-state index is -0.0538. The van der Waals surface area contributed by atoms with Gasteiger partial charge >= 0.3 is 0 Å². The molecule has 0 radical (unpaired) electrons. The fourth-order valence-electron chi connectivity index (χ4n) is 3.03. The van der Waals surface area contributed by atoms with Gasteiger partial charge in [0.25, 0.3) is 5.91 Å². The van der Waals surface area contributed by atoms with Crippen molar-refractivity contribution in [3.63, 3.8) is 0 Å². The first kappa shape index (κ1) is 14.1. The standard InChI is InChI=1S/C13H19N5O2S/c1-15-13-17-11(14)10(21-13)12(20)18-5-4-8-7(6-18)2-3-9(19)16-8/h7-8H,2-6,14H2,1H3,(H,15,17)(H,16,19). The summed E-state index contributed by atoms with van der Waals surface area (Å²) in [6.45, 7) is 1.32. The van der Waals surface area contributed by atoms with Crippen molar-refractivity contribution in [3.05, 3.63) is 4.88 Å². The lowest BCUT2D eigenvalue weighted by molar-refractivity contribution is -0.125. The first-order valence-electron chi connectivity index (χ1n) is 7.11. The van der Waals surface area contributed by atoms with Gasteiger partial charge in [0.05, 0.1) is 0 Å². The predicted molar refractivity (Wildman–Crippen MR) is 81.2 cm³/mol. The molecule has 2 unspecified atom stereocenters. The van der Waals surface area contributed by atoms with Crippen molar-refractivity contribution in [1.29, 1.82) is 0 Å². The van der Waals surface area contributed by atoms with E-state index in [9.17, 15) is 9.59 Å². The number of amides is 2. The lowest BCUT2D eigenvalue weighted by Crippen LogP contribution is -2.55. The van der Waals surface area contributed by atoms with Crippen molar-refractivity contribution in [3.8, 4) is 0 Å². The number of hydrogen-bond donors (Lipinski definition) is 3. The van der Waals surface area contributed by atoms with E-state index in [1.54, 1.807) is 7.05 Å². The number of nitrogens with one attached hydrogen (secondary N) is 2. The molecule has 1 aromatic rings. The Morgan fingerprint density at radius 2 is 2.33 bits per heavy atom. The number of nitrogens with zero attached hydrogens (tertiary/aromatic N) is 2. The molecule has 4 N–H and O–H groups in total. The number of carbonyl (C=O) groups excluding carboxylic acids is 2. The highest BCUT2D eigenvalue weighted by molar-refractivity contribution is 7.18. The number of fused-ring (bicyclic) bond motifs is 1. The lowest BCUT2D eigenvalue weighted by Gasteiger charge is -2.41. The molecule has 2 fully saturated rings. The predicted octanol–water partition coefficient (Wildman–Crippen LogP) is 0.508. The Hall–Kier alpha value is -1.83. The molecule has 8 heteroatoms. The van der Waals surface area contributed by atoms with Crippen LogP contribution in [0.1, 0.15) is 28.9 Å². The van der Waals surface area contributed by atoms with Crippen LogP contribution >= 0.6 is 11.3 Å². The number of thiazole rings is 1. The van der Waals surface area contributed by atoms with E-state index in [1.807, 2.05) is 4.90 Å². The van der Waals surface area contributed by atoms with Crippen LogP contribution in [0.3, 0.4) is 0 Å². The van der Waals surface area contributed by atoms with Crippen LogP contribution in [0.15, 0.2) is 0 Å². The third-order valence-corrected chi connectivity index (χ3v) is 5.25. The number of anilines is 2. The molecular weight excluding hydrogens is 290 g/mol. The van der Waals surface area contributed by atoms with E-state index in [0.717, 1.165) is 12.8 Å². The van der Waals surface area contributed by atoms with Gasteiger partial charge < -0.3 is 21.3 Å². The van der Waals surface area contributed by atoms with E-state index in [1.165, 1.54) is 11.3 Å². The number of nitrogen functional groups attached to an aromatic ring is 1. The Labute approximate surface area is 126 Å². The molecule has 21 heavy (non-hydrogen) atoms. The molecule has 1 aromatic heterocycles. The molecule has 3 rings (SSSR count). The molecule has 7 nitrogen and oxygen atoms in total. The van der Waals surface area contributed by atoms with Gasteiger partial charge in [0.1, 0.15) is 10.7 Å². The van der Waals surface area contributed by atoms with Crippen molar-refractivity contribution in [2.24, 2.45) is 5.92 Å². The van der Waals surface area contributed by atoms with Crippen LogP contribution in [-0.2, 0) is 4.79 Å². The van der Waals surface area contributed by atoms with Crippen molar-refractivity contribution < 1.29 is 9.59 Å². The Bertz CT molecular complexity index is 573. The third kappa shape index (κ3) is 2.67. The molecule has 2 saturated heterocycles. The minimum Gasteiger partial charge on any atom is -0.382 e. The first-order chi connectivity index (χ1) is 10.1. The summed E-state index contributed by atoms with van der Waals surface area (Å²) < 4.78 is 0. The van der Waals surface area contributed by atoms with Gasteiger partial charge in [0.15, 0.2) is 5.13 Å². The second-order valence-electron chi connectivity index (χ2n) is 5.50. The number of hydrogen-bond acceptors (Lipinski definition) is 6. The van der Waals surface area contributed by atoms with Crippen LogP contribution in [0, 0.1) is 5.92 Å². The van der Waals surface area contributed by atoms with Gasteiger partial charge in [-0.1, -0.05) is 11.3 Å². The van der Waals surface area contributed by atoms with Gasteiger partial charge in [-0.05, 0) is 18.8 Å². The maximum absolute atomic E-state index is 12.6. The van der Waals surface area contributed by atoms with Crippen LogP contribution in [0.2, 0.25) is 0 Å². The summed E-state index contributed by atoms with van der Waals surface area (Å²) in [5.74, 6) is 0.704. The Kier molecular flexibility index (Phi) is 3.71. The number of piperidine rings is 2. The van der Waals surface area contributed by atoms with Crippen LogP contribution in [0.25, 0.3) is 0 Å². The molecule has 114 valence electrons. The van der Waals surface area contributed by atoms with Gasteiger partial charge in [0.2, 0.25) is 5.91 Å². The second kappa shape index (κ2) is 5.51. The highest BCUT2D eigenvalue weighted by atomic mass is 32.1. The zero-order valence-electron chi connectivity index (χ0n) is 11.9. The SMILES string of the molecule is CNc1nc(N)c(C(=O)N2CCC3NC(=O)CCC3C2)s1. The lowest BCUT2D eigenvalue weighted by atomic mass is 9.85. The van der Waals surface area contributed by atoms with E-state index in [-0.39, 0.29) is 23.7 Å². The largest absolute Gasteiger partial charge is 0.382 e. The fraction of sp³-hybridized carbons (Fsp3) is 0.615. The van der Waals surface area contributed by atoms with Gasteiger partial charge in [-0.15, -0.1) is 0 Å². The monoisotopic (exact) mass is 309 g/mol. The van der Waals surface area contributed by atoms with Crippen molar-refractivity contribution in [2.45, 2.75) is 25.3 Å². The van der Waals surface area contributed by atoms with Crippen LogP contribution in [0.5, 0.6) is 0 Å². The topological polar surface area (TPSA) is 100 Å². The Morgan fingerprint density at radius 3 is 3.05 bits per heavy atom. The maximum atomic E-state index is 12.6. The number of nitrogens with two attached hydrogens (primary N) is 1. The van der Waals surface area contributed by atoms with E-state index in [4.69, 9.17) is 5.73 Å². The molecule has 2 aliphatic heterocycles. The van der Waals surface area contributed by atoms with E-state index in [0.29, 0.717) is 35.4 Å². The molecule has 2 atom stereocenters. The second-order valence-corrected chi connectivity index (χ2v) is 6.50. The molecule has 3 heterocycles. The minimum absolute atomic E-state index is 0.0538. The van der Waals surface area contributed by atoms with Crippen molar-refractivity contribution >= 4 is 34.1 Å². The molecule has 2 amide bonds. The number of aromatic nitrogens is 1. The maximum Gasteiger partial charge on any atom is 0.267 e. The average molecular weight is 309 g/mol. The van der Waals surface area contributed by atoms with E-state index < -0.39 is 0 Å². The van der Waals surface area contributed by atoms with Gasteiger partial charge in [-0.3, -0.25) is 9.59 Å². The molecule has 2 aliphatic rings. The summed E-state index contributed by atoms with van der Waals surface area (Å²) in [4.78, 5) is 30.5. The summed E-state index contributed by atoms with van der Waals surface area (Å²) in [6, 6.07) is 0.210. The highest BCUT2D eigenvalue weighted by Gasteiger charge is 2.36. The number of carbonyl (C=O) groups is 2. The van der Waals surface area contributed by atoms with Gasteiger partial charge in [0, 0.05) is 32.6 Å². The van der Waals surface area contributed by atoms with E-state index in [2.05, 4.69) is 15.6 Å². The fourth-order valence-corrected chi connectivity index (χ4v) is 3.84. The normalized spacial score (nSPS) is 25.2.